The minimum atomic E-state index is 0.469. The van der Waals surface area contributed by atoms with Crippen LogP contribution in [0.4, 0.5) is 5.82 Å². The minimum Gasteiger partial charge on any atom is -0.487 e. The van der Waals surface area contributed by atoms with Crippen molar-refractivity contribution < 1.29 is 4.74 Å². The van der Waals surface area contributed by atoms with Crippen LogP contribution in [0.1, 0.15) is 11.3 Å². The topological polar surface area (TPSA) is 47.0 Å². The number of benzene rings is 1. The number of nitrogens with one attached hydrogen (secondary N) is 1. The van der Waals surface area contributed by atoms with Gasteiger partial charge in [-0.05, 0) is 30.2 Å². The number of hydrogen-bond acceptors (Lipinski definition) is 4. The second kappa shape index (κ2) is 5.05. The van der Waals surface area contributed by atoms with E-state index in [2.05, 4.69) is 21.4 Å². The fraction of sp³-hybridized carbons (Fsp3) is 0.176. The average Bonchev–Trinajstić information content (AvgIpc) is 3.00. The van der Waals surface area contributed by atoms with E-state index in [4.69, 9.17) is 4.74 Å². The van der Waals surface area contributed by atoms with Crippen LogP contribution in [-0.4, -0.2) is 16.5 Å². The number of rotatable bonds is 3. The first-order chi connectivity index (χ1) is 10.4. The monoisotopic (exact) mass is 277 g/mol. The van der Waals surface area contributed by atoms with Gasteiger partial charge < -0.3 is 10.1 Å². The van der Waals surface area contributed by atoms with Crippen molar-refractivity contribution in [1.29, 1.82) is 0 Å². The van der Waals surface area contributed by atoms with Gasteiger partial charge in [0.25, 0.3) is 0 Å². The first kappa shape index (κ1) is 12.1. The summed E-state index contributed by atoms with van der Waals surface area (Å²) in [7, 11) is 0. The molecule has 1 aliphatic heterocycles. The largest absolute Gasteiger partial charge is 0.487 e. The molecule has 21 heavy (non-hydrogen) atoms. The van der Waals surface area contributed by atoms with Gasteiger partial charge in [-0.3, -0.25) is 4.98 Å². The number of nitrogens with zero attached hydrogens (tertiary/aromatic N) is 2. The molecule has 2 aromatic heterocycles. The number of anilines is 1. The average molecular weight is 277 g/mol. The zero-order chi connectivity index (χ0) is 14.1. The van der Waals surface area contributed by atoms with Gasteiger partial charge in [0, 0.05) is 29.7 Å². The summed E-state index contributed by atoms with van der Waals surface area (Å²) in [5.74, 6) is 1.86. The Morgan fingerprint density at radius 1 is 1.14 bits per heavy atom. The predicted octanol–water partition coefficient (Wildman–Crippen LogP) is 3.18. The highest BCUT2D eigenvalue weighted by Gasteiger charge is 2.12. The summed E-state index contributed by atoms with van der Waals surface area (Å²) >= 11 is 0. The van der Waals surface area contributed by atoms with Gasteiger partial charge in [-0.2, -0.15) is 0 Å². The molecule has 3 aromatic rings. The smallest absolute Gasteiger partial charge is 0.130 e. The van der Waals surface area contributed by atoms with Crippen LogP contribution < -0.4 is 10.1 Å². The summed E-state index contributed by atoms with van der Waals surface area (Å²) in [6.07, 6.45) is 4.69. The second-order valence-corrected chi connectivity index (χ2v) is 5.13. The van der Waals surface area contributed by atoms with Gasteiger partial charge in [0.15, 0.2) is 0 Å². The molecule has 104 valence electrons. The van der Waals surface area contributed by atoms with Crippen molar-refractivity contribution >= 4 is 16.6 Å². The summed E-state index contributed by atoms with van der Waals surface area (Å²) in [5.41, 5.74) is 2.23. The molecule has 0 amide bonds. The Morgan fingerprint density at radius 2 is 2.14 bits per heavy atom. The molecule has 1 N–H and O–H groups in total. The van der Waals surface area contributed by atoms with Crippen molar-refractivity contribution in [2.45, 2.75) is 13.0 Å². The van der Waals surface area contributed by atoms with Gasteiger partial charge >= 0.3 is 0 Å². The normalized spacial score (nSPS) is 13.0. The fourth-order valence-corrected chi connectivity index (χ4v) is 2.65. The van der Waals surface area contributed by atoms with Crippen molar-refractivity contribution in [3.05, 3.63) is 60.0 Å². The summed E-state index contributed by atoms with van der Waals surface area (Å²) in [6.45, 7) is 1.44. The summed E-state index contributed by atoms with van der Waals surface area (Å²) < 4.78 is 5.95. The first-order valence-corrected chi connectivity index (χ1v) is 7.08. The fourth-order valence-electron chi connectivity index (χ4n) is 2.65. The van der Waals surface area contributed by atoms with Crippen LogP contribution in [0, 0.1) is 0 Å². The quantitative estimate of drug-likeness (QED) is 0.798. The molecule has 0 saturated heterocycles. The lowest BCUT2D eigenvalue weighted by Gasteiger charge is -2.09. The Bertz CT molecular complexity index is 796. The Balaban J connectivity index is 1.58. The van der Waals surface area contributed by atoms with Crippen LogP contribution in [0.25, 0.3) is 10.8 Å². The molecule has 4 nitrogen and oxygen atoms in total. The molecular formula is C17H15N3O. The van der Waals surface area contributed by atoms with Crippen LogP contribution >= 0.6 is 0 Å². The van der Waals surface area contributed by atoms with Crippen LogP contribution in [0.3, 0.4) is 0 Å². The van der Waals surface area contributed by atoms with E-state index in [0.29, 0.717) is 6.61 Å². The molecule has 0 unspecified atom stereocenters. The molecule has 0 fully saturated rings. The van der Waals surface area contributed by atoms with E-state index in [0.717, 1.165) is 41.0 Å². The van der Waals surface area contributed by atoms with E-state index in [-0.39, 0.29) is 0 Å². The maximum absolute atomic E-state index is 5.95. The highest BCUT2D eigenvalue weighted by Crippen LogP contribution is 2.26. The lowest BCUT2D eigenvalue weighted by atomic mass is 10.1. The summed E-state index contributed by atoms with van der Waals surface area (Å²) in [4.78, 5) is 8.74. The van der Waals surface area contributed by atoms with Crippen molar-refractivity contribution in [1.82, 2.24) is 9.97 Å². The molecule has 0 radical (unpaired) electrons. The van der Waals surface area contributed by atoms with E-state index < -0.39 is 0 Å². The molecule has 1 aromatic carbocycles. The Labute approximate surface area is 122 Å². The SMILES string of the molecule is c1cc(OCc2ccc3c(n2)NCC3)c2ccncc2c1. The molecular weight excluding hydrogens is 262 g/mol. The lowest BCUT2D eigenvalue weighted by Crippen LogP contribution is -2.01. The predicted molar refractivity (Wildman–Crippen MR) is 82.5 cm³/mol. The number of pyridine rings is 2. The number of ether oxygens (including phenoxy) is 1. The second-order valence-electron chi connectivity index (χ2n) is 5.13. The van der Waals surface area contributed by atoms with E-state index in [1.165, 1.54) is 5.56 Å². The van der Waals surface area contributed by atoms with E-state index in [9.17, 15) is 0 Å². The van der Waals surface area contributed by atoms with Crippen molar-refractivity contribution in [3.63, 3.8) is 0 Å². The third kappa shape index (κ3) is 2.29. The van der Waals surface area contributed by atoms with E-state index in [1.807, 2.05) is 36.5 Å². The molecule has 0 atom stereocenters. The Morgan fingerprint density at radius 3 is 3.14 bits per heavy atom. The Kier molecular flexibility index (Phi) is 2.92. The summed E-state index contributed by atoms with van der Waals surface area (Å²) in [6, 6.07) is 12.1. The van der Waals surface area contributed by atoms with Crippen molar-refractivity contribution in [2.75, 3.05) is 11.9 Å². The molecule has 0 bridgehead atoms. The highest BCUT2D eigenvalue weighted by molar-refractivity contribution is 5.87. The van der Waals surface area contributed by atoms with Crippen molar-refractivity contribution in [2.24, 2.45) is 0 Å². The molecule has 4 rings (SSSR count). The summed E-state index contributed by atoms with van der Waals surface area (Å²) in [5, 5.41) is 5.45. The van der Waals surface area contributed by atoms with Gasteiger partial charge in [0.1, 0.15) is 18.2 Å². The zero-order valence-corrected chi connectivity index (χ0v) is 11.5. The van der Waals surface area contributed by atoms with E-state index >= 15 is 0 Å². The van der Waals surface area contributed by atoms with Gasteiger partial charge in [-0.1, -0.05) is 18.2 Å². The molecule has 3 heterocycles. The molecule has 0 spiro atoms. The lowest BCUT2D eigenvalue weighted by molar-refractivity contribution is 0.305. The third-order valence-electron chi connectivity index (χ3n) is 3.74. The van der Waals surface area contributed by atoms with E-state index in [1.54, 1.807) is 6.20 Å². The van der Waals surface area contributed by atoms with Crippen LogP contribution in [0.2, 0.25) is 0 Å². The molecule has 4 heteroatoms. The third-order valence-corrected chi connectivity index (χ3v) is 3.74. The molecule has 0 saturated carbocycles. The standard InChI is InChI=1S/C17H15N3O/c1-2-13-10-18-8-7-15(13)16(3-1)21-11-14-5-4-12-6-9-19-17(12)20-14/h1-5,7-8,10H,6,9,11H2,(H,19,20). The van der Waals surface area contributed by atoms with Gasteiger partial charge in [-0.25, -0.2) is 4.98 Å². The number of fused-ring (bicyclic) bond motifs is 2. The minimum absolute atomic E-state index is 0.469. The van der Waals surface area contributed by atoms with Gasteiger partial charge in [-0.15, -0.1) is 0 Å². The van der Waals surface area contributed by atoms with Crippen LogP contribution in [0.15, 0.2) is 48.8 Å². The van der Waals surface area contributed by atoms with Gasteiger partial charge in [0.2, 0.25) is 0 Å². The van der Waals surface area contributed by atoms with Crippen LogP contribution in [-0.2, 0) is 13.0 Å². The molecule has 0 aliphatic carbocycles. The zero-order valence-electron chi connectivity index (χ0n) is 11.5. The Hall–Kier alpha value is -2.62. The maximum Gasteiger partial charge on any atom is 0.130 e. The van der Waals surface area contributed by atoms with Crippen molar-refractivity contribution in [3.8, 4) is 5.75 Å². The number of hydrogen-bond donors (Lipinski definition) is 1. The van der Waals surface area contributed by atoms with Gasteiger partial charge in [0.05, 0.1) is 5.69 Å². The maximum atomic E-state index is 5.95. The molecule has 1 aliphatic rings. The first-order valence-electron chi connectivity index (χ1n) is 7.08. The van der Waals surface area contributed by atoms with Crippen LogP contribution in [0.5, 0.6) is 5.75 Å². The highest BCUT2D eigenvalue weighted by atomic mass is 16.5. The number of aromatic nitrogens is 2.